The Morgan fingerprint density at radius 1 is 1.29 bits per heavy atom. The molecule has 156 valence electrons. The molecule has 2 rings (SSSR count). The summed E-state index contributed by atoms with van der Waals surface area (Å²) in [6.45, 7) is 7.38. The summed E-state index contributed by atoms with van der Waals surface area (Å²) >= 11 is 0. The van der Waals surface area contributed by atoms with E-state index in [-0.39, 0.29) is 16.5 Å². The zero-order valence-corrected chi connectivity index (χ0v) is 17.4. The summed E-state index contributed by atoms with van der Waals surface area (Å²) in [6, 6.07) is 4.13. The van der Waals surface area contributed by atoms with Crippen molar-refractivity contribution in [3.8, 4) is 0 Å². The minimum absolute atomic E-state index is 0.0628. The standard InChI is InChI=1S/C18H28N4O5S/c1-4-21(5-2)28(26,27)16-6-7-17(18(12-16)22(24)25)20-10-8-15(9-11-20)13-19-14(3)23/h6-7,12,15H,4-5,8-11,13H2,1-3H3,(H,19,23). The van der Waals surface area contributed by atoms with Gasteiger partial charge in [-0.1, -0.05) is 13.8 Å². The lowest BCUT2D eigenvalue weighted by molar-refractivity contribution is -0.384. The van der Waals surface area contributed by atoms with Gasteiger partial charge in [0.05, 0.1) is 9.82 Å². The Morgan fingerprint density at radius 3 is 2.39 bits per heavy atom. The van der Waals surface area contributed by atoms with Crippen LogP contribution < -0.4 is 10.2 Å². The van der Waals surface area contributed by atoms with Gasteiger partial charge in [-0.3, -0.25) is 14.9 Å². The van der Waals surface area contributed by atoms with Crippen LogP contribution in [0.2, 0.25) is 0 Å². The lowest BCUT2D eigenvalue weighted by Crippen LogP contribution is -2.38. The van der Waals surface area contributed by atoms with Gasteiger partial charge in [0.15, 0.2) is 0 Å². The van der Waals surface area contributed by atoms with Crippen LogP contribution in [-0.4, -0.2) is 56.3 Å². The van der Waals surface area contributed by atoms with E-state index in [1.165, 1.54) is 23.4 Å². The third-order valence-electron chi connectivity index (χ3n) is 5.08. The van der Waals surface area contributed by atoms with Crippen molar-refractivity contribution in [1.82, 2.24) is 9.62 Å². The van der Waals surface area contributed by atoms with Gasteiger partial charge in [0, 0.05) is 45.7 Å². The first kappa shape index (κ1) is 22.1. The number of nitro benzene ring substituents is 1. The number of sulfonamides is 1. The third kappa shape index (κ3) is 4.99. The first-order valence-electron chi connectivity index (χ1n) is 9.48. The van der Waals surface area contributed by atoms with Gasteiger partial charge in [0.2, 0.25) is 15.9 Å². The normalized spacial score (nSPS) is 15.6. The molecular formula is C18H28N4O5S. The molecule has 1 saturated heterocycles. The average Bonchev–Trinajstić information content (AvgIpc) is 2.67. The number of carbonyl (C=O) groups is 1. The van der Waals surface area contributed by atoms with Crippen molar-refractivity contribution >= 4 is 27.3 Å². The predicted octanol–water partition coefficient (Wildman–Crippen LogP) is 1.98. The van der Waals surface area contributed by atoms with Crippen LogP contribution in [0.5, 0.6) is 0 Å². The van der Waals surface area contributed by atoms with E-state index in [0.717, 1.165) is 18.9 Å². The highest BCUT2D eigenvalue weighted by atomic mass is 32.2. The largest absolute Gasteiger partial charge is 0.366 e. The van der Waals surface area contributed by atoms with Crippen LogP contribution in [-0.2, 0) is 14.8 Å². The minimum atomic E-state index is -3.76. The fourth-order valence-electron chi connectivity index (χ4n) is 3.46. The van der Waals surface area contributed by atoms with Crippen molar-refractivity contribution in [2.45, 2.75) is 38.5 Å². The summed E-state index contributed by atoms with van der Waals surface area (Å²) in [5.41, 5.74) is 0.231. The molecule has 0 atom stereocenters. The van der Waals surface area contributed by atoms with E-state index in [9.17, 15) is 23.3 Å². The number of hydrogen-bond donors (Lipinski definition) is 1. The molecule has 10 heteroatoms. The second kappa shape index (κ2) is 9.33. The van der Waals surface area contributed by atoms with Gasteiger partial charge in [-0.25, -0.2) is 8.42 Å². The number of piperidine rings is 1. The van der Waals surface area contributed by atoms with Crippen LogP contribution in [0, 0.1) is 16.0 Å². The second-order valence-corrected chi connectivity index (χ2v) is 8.80. The molecule has 1 aliphatic heterocycles. The molecule has 0 spiro atoms. The smallest absolute Gasteiger partial charge is 0.293 e. The fourth-order valence-corrected chi connectivity index (χ4v) is 4.93. The number of amides is 1. The number of nitrogens with zero attached hydrogens (tertiary/aromatic N) is 3. The van der Waals surface area contributed by atoms with Gasteiger partial charge < -0.3 is 10.2 Å². The van der Waals surface area contributed by atoms with Crippen molar-refractivity contribution in [3.05, 3.63) is 28.3 Å². The molecule has 0 aromatic heterocycles. The average molecular weight is 413 g/mol. The van der Waals surface area contributed by atoms with Gasteiger partial charge in [-0.15, -0.1) is 0 Å². The Labute approximate surface area is 165 Å². The van der Waals surface area contributed by atoms with E-state index in [2.05, 4.69) is 5.32 Å². The Hall–Kier alpha value is -2.20. The summed E-state index contributed by atoms with van der Waals surface area (Å²) in [4.78, 5) is 24.0. The number of anilines is 1. The molecule has 0 aliphatic carbocycles. The molecular weight excluding hydrogens is 384 g/mol. The molecule has 1 amide bonds. The van der Waals surface area contributed by atoms with Gasteiger partial charge in [0.25, 0.3) is 5.69 Å². The number of hydrogen-bond acceptors (Lipinski definition) is 6. The molecule has 1 heterocycles. The highest BCUT2D eigenvalue weighted by Gasteiger charge is 2.29. The van der Waals surface area contributed by atoms with Crippen molar-refractivity contribution in [2.75, 3.05) is 37.6 Å². The number of rotatable bonds is 8. The van der Waals surface area contributed by atoms with Crippen molar-refractivity contribution in [3.63, 3.8) is 0 Å². The maximum atomic E-state index is 12.7. The lowest BCUT2D eigenvalue weighted by atomic mass is 9.96. The highest BCUT2D eigenvalue weighted by molar-refractivity contribution is 7.89. The molecule has 28 heavy (non-hydrogen) atoms. The van der Waals surface area contributed by atoms with E-state index < -0.39 is 14.9 Å². The van der Waals surface area contributed by atoms with Crippen LogP contribution in [0.15, 0.2) is 23.1 Å². The third-order valence-corrected chi connectivity index (χ3v) is 7.13. The van der Waals surface area contributed by atoms with E-state index in [4.69, 9.17) is 0 Å². The Balaban J connectivity index is 2.23. The van der Waals surface area contributed by atoms with Crippen LogP contribution in [0.25, 0.3) is 0 Å². The molecule has 0 radical (unpaired) electrons. The minimum Gasteiger partial charge on any atom is -0.366 e. The maximum absolute atomic E-state index is 12.7. The summed E-state index contributed by atoms with van der Waals surface area (Å²) < 4.78 is 26.6. The predicted molar refractivity (Wildman–Crippen MR) is 107 cm³/mol. The maximum Gasteiger partial charge on any atom is 0.293 e. The first-order valence-corrected chi connectivity index (χ1v) is 10.9. The monoisotopic (exact) mass is 412 g/mol. The Morgan fingerprint density at radius 2 is 1.89 bits per heavy atom. The van der Waals surface area contributed by atoms with Gasteiger partial charge in [-0.05, 0) is 30.9 Å². The zero-order valence-electron chi connectivity index (χ0n) is 16.6. The summed E-state index contributed by atoms with van der Waals surface area (Å²) in [6.07, 6.45) is 1.61. The van der Waals surface area contributed by atoms with Crippen molar-refractivity contribution < 1.29 is 18.1 Å². The molecule has 1 aliphatic rings. The molecule has 0 unspecified atom stereocenters. The van der Waals surface area contributed by atoms with Gasteiger partial charge in [0.1, 0.15) is 5.69 Å². The topological polar surface area (TPSA) is 113 Å². The molecule has 9 nitrogen and oxygen atoms in total. The van der Waals surface area contributed by atoms with E-state index >= 15 is 0 Å². The van der Waals surface area contributed by atoms with Crippen LogP contribution in [0.4, 0.5) is 11.4 Å². The SMILES string of the molecule is CCN(CC)S(=O)(=O)c1ccc(N2CCC(CNC(C)=O)CC2)c([N+](=O)[O-])c1. The van der Waals surface area contributed by atoms with E-state index in [1.807, 2.05) is 4.90 Å². The summed E-state index contributed by atoms with van der Waals surface area (Å²) in [5, 5.41) is 14.4. The van der Waals surface area contributed by atoms with Gasteiger partial charge in [-0.2, -0.15) is 4.31 Å². The molecule has 1 N–H and O–H groups in total. The molecule has 0 saturated carbocycles. The van der Waals surface area contributed by atoms with Gasteiger partial charge >= 0.3 is 0 Å². The number of benzene rings is 1. The second-order valence-electron chi connectivity index (χ2n) is 6.86. The van der Waals surface area contributed by atoms with E-state index in [0.29, 0.717) is 44.3 Å². The van der Waals surface area contributed by atoms with Crippen LogP contribution in [0.3, 0.4) is 0 Å². The molecule has 1 fully saturated rings. The van der Waals surface area contributed by atoms with E-state index in [1.54, 1.807) is 13.8 Å². The number of carbonyl (C=O) groups excluding carboxylic acids is 1. The zero-order chi connectivity index (χ0) is 20.9. The molecule has 1 aromatic rings. The van der Waals surface area contributed by atoms with Crippen molar-refractivity contribution in [2.24, 2.45) is 5.92 Å². The van der Waals surface area contributed by atoms with Crippen molar-refractivity contribution in [1.29, 1.82) is 0 Å². The van der Waals surface area contributed by atoms with Crippen LogP contribution in [0.1, 0.15) is 33.6 Å². The number of nitro groups is 1. The highest BCUT2D eigenvalue weighted by Crippen LogP contribution is 2.34. The quantitative estimate of drug-likeness (QED) is 0.516. The Kier molecular flexibility index (Phi) is 7.36. The first-order chi connectivity index (χ1) is 13.2. The summed E-state index contributed by atoms with van der Waals surface area (Å²) in [5.74, 6) is 0.268. The molecule has 1 aromatic carbocycles. The van der Waals surface area contributed by atoms with Crippen LogP contribution >= 0.6 is 0 Å². The lowest BCUT2D eigenvalue weighted by Gasteiger charge is -2.33. The number of nitrogens with one attached hydrogen (secondary N) is 1. The summed E-state index contributed by atoms with van der Waals surface area (Å²) in [7, 11) is -3.76. The Bertz CT molecular complexity index is 815. The molecule has 0 bridgehead atoms. The fraction of sp³-hybridized carbons (Fsp3) is 0.611.